The van der Waals surface area contributed by atoms with Gasteiger partial charge in [-0.05, 0) is 32.2 Å². The molecule has 0 aromatic heterocycles. The maximum absolute atomic E-state index is 9.00. The molecular weight excluding hydrogens is 162 g/mol. The van der Waals surface area contributed by atoms with E-state index < -0.39 is 0 Å². The van der Waals surface area contributed by atoms with Gasteiger partial charge in [0.05, 0.1) is 6.10 Å². The number of aliphatic hydroxyl groups is 1. The molecule has 2 nitrogen and oxygen atoms in total. The van der Waals surface area contributed by atoms with Gasteiger partial charge in [-0.25, -0.2) is 0 Å². The summed E-state index contributed by atoms with van der Waals surface area (Å²) < 4.78 is 0. The molecule has 1 fully saturated rings. The summed E-state index contributed by atoms with van der Waals surface area (Å²) in [6.45, 7) is 3.63. The number of aliphatic hydroxyl groups excluding tert-OH is 1. The van der Waals surface area contributed by atoms with Gasteiger partial charge in [-0.3, -0.25) is 0 Å². The van der Waals surface area contributed by atoms with Crippen molar-refractivity contribution in [3.63, 3.8) is 0 Å². The van der Waals surface area contributed by atoms with Gasteiger partial charge in [0, 0.05) is 6.54 Å². The van der Waals surface area contributed by atoms with Gasteiger partial charge in [-0.2, -0.15) is 0 Å². The van der Waals surface area contributed by atoms with Gasteiger partial charge in [0.15, 0.2) is 0 Å². The topological polar surface area (TPSA) is 32.3 Å². The lowest BCUT2D eigenvalue weighted by molar-refractivity contribution is 0.191. The van der Waals surface area contributed by atoms with Crippen LogP contribution in [0, 0.1) is 5.92 Å². The lowest BCUT2D eigenvalue weighted by Crippen LogP contribution is -2.25. The van der Waals surface area contributed by atoms with Crippen molar-refractivity contribution in [1.29, 1.82) is 0 Å². The summed E-state index contributed by atoms with van der Waals surface area (Å²) in [7, 11) is 0. The Morgan fingerprint density at radius 2 is 2.08 bits per heavy atom. The molecule has 0 saturated heterocycles. The van der Waals surface area contributed by atoms with Crippen molar-refractivity contribution in [2.45, 2.75) is 51.6 Å². The Bertz CT molecular complexity index is 119. The number of hydrogen-bond donors (Lipinski definition) is 2. The molecule has 1 atom stereocenters. The molecule has 1 saturated carbocycles. The third kappa shape index (κ3) is 5.27. The fourth-order valence-corrected chi connectivity index (χ4v) is 2.13. The molecule has 0 aromatic rings. The average molecular weight is 185 g/mol. The molecule has 1 aliphatic rings. The molecule has 0 spiro atoms. The quantitative estimate of drug-likeness (QED) is 0.620. The van der Waals surface area contributed by atoms with Gasteiger partial charge in [-0.1, -0.05) is 25.7 Å². The smallest absolute Gasteiger partial charge is 0.0636 e. The van der Waals surface area contributed by atoms with E-state index in [0.717, 1.165) is 19.0 Å². The Balaban J connectivity index is 1.83. The SMILES string of the molecule is C[C@H](O)CNCCCC1CCCC1. The molecule has 0 bridgehead atoms. The van der Waals surface area contributed by atoms with Crippen molar-refractivity contribution < 1.29 is 5.11 Å². The van der Waals surface area contributed by atoms with Gasteiger partial charge < -0.3 is 10.4 Å². The summed E-state index contributed by atoms with van der Waals surface area (Å²) in [5.41, 5.74) is 0. The fourth-order valence-electron chi connectivity index (χ4n) is 2.13. The summed E-state index contributed by atoms with van der Waals surface area (Å²) in [5.74, 6) is 1.01. The Morgan fingerprint density at radius 3 is 2.69 bits per heavy atom. The van der Waals surface area contributed by atoms with Crippen molar-refractivity contribution in [2.24, 2.45) is 5.92 Å². The van der Waals surface area contributed by atoms with E-state index in [-0.39, 0.29) is 6.10 Å². The highest BCUT2D eigenvalue weighted by Crippen LogP contribution is 2.28. The zero-order chi connectivity index (χ0) is 9.52. The molecule has 0 unspecified atom stereocenters. The third-order valence-electron chi connectivity index (χ3n) is 2.88. The van der Waals surface area contributed by atoms with Crippen molar-refractivity contribution in [1.82, 2.24) is 5.32 Å². The van der Waals surface area contributed by atoms with Crippen LogP contribution in [-0.4, -0.2) is 24.3 Å². The highest BCUT2D eigenvalue weighted by molar-refractivity contribution is 4.67. The van der Waals surface area contributed by atoms with Crippen LogP contribution >= 0.6 is 0 Å². The highest BCUT2D eigenvalue weighted by atomic mass is 16.3. The Morgan fingerprint density at radius 1 is 1.38 bits per heavy atom. The molecule has 13 heavy (non-hydrogen) atoms. The van der Waals surface area contributed by atoms with Crippen LogP contribution in [0.15, 0.2) is 0 Å². The molecule has 1 aliphatic carbocycles. The molecule has 1 rings (SSSR count). The molecule has 0 amide bonds. The predicted molar refractivity (Wildman–Crippen MR) is 55.7 cm³/mol. The highest BCUT2D eigenvalue weighted by Gasteiger charge is 2.13. The predicted octanol–water partition coefficient (Wildman–Crippen LogP) is 1.93. The first-order valence-electron chi connectivity index (χ1n) is 5.68. The second-order valence-electron chi connectivity index (χ2n) is 4.35. The summed E-state index contributed by atoms with van der Waals surface area (Å²) in [5, 5.41) is 12.3. The molecule has 0 aromatic carbocycles. The zero-order valence-corrected chi connectivity index (χ0v) is 8.76. The fraction of sp³-hybridized carbons (Fsp3) is 1.00. The van der Waals surface area contributed by atoms with Crippen LogP contribution in [0.5, 0.6) is 0 Å². The Labute approximate surface area is 81.7 Å². The minimum absolute atomic E-state index is 0.202. The van der Waals surface area contributed by atoms with Crippen LogP contribution in [0.25, 0.3) is 0 Å². The molecule has 0 radical (unpaired) electrons. The monoisotopic (exact) mass is 185 g/mol. The summed E-state index contributed by atoms with van der Waals surface area (Å²) in [6, 6.07) is 0. The van der Waals surface area contributed by atoms with Crippen molar-refractivity contribution in [2.75, 3.05) is 13.1 Å². The normalized spacial score (nSPS) is 20.8. The molecule has 2 N–H and O–H groups in total. The molecule has 0 aliphatic heterocycles. The van der Waals surface area contributed by atoms with Gasteiger partial charge in [0.2, 0.25) is 0 Å². The minimum atomic E-state index is -0.202. The number of hydrogen-bond acceptors (Lipinski definition) is 2. The van der Waals surface area contributed by atoms with Gasteiger partial charge in [-0.15, -0.1) is 0 Å². The van der Waals surface area contributed by atoms with Crippen LogP contribution in [0.2, 0.25) is 0 Å². The van der Waals surface area contributed by atoms with E-state index in [1.807, 2.05) is 6.92 Å². The van der Waals surface area contributed by atoms with Crippen molar-refractivity contribution >= 4 is 0 Å². The first kappa shape index (κ1) is 11.0. The standard InChI is InChI=1S/C11H23NO/c1-10(13)9-12-8-4-7-11-5-2-3-6-11/h10-13H,2-9H2,1H3/t10-/m0/s1. The van der Waals surface area contributed by atoms with Crippen LogP contribution < -0.4 is 5.32 Å². The van der Waals surface area contributed by atoms with E-state index in [1.54, 1.807) is 0 Å². The maximum Gasteiger partial charge on any atom is 0.0636 e. The zero-order valence-electron chi connectivity index (χ0n) is 8.76. The molecular formula is C11H23NO. The van der Waals surface area contributed by atoms with E-state index >= 15 is 0 Å². The Hall–Kier alpha value is -0.0800. The van der Waals surface area contributed by atoms with Crippen LogP contribution in [-0.2, 0) is 0 Å². The van der Waals surface area contributed by atoms with E-state index in [2.05, 4.69) is 5.32 Å². The molecule has 2 heteroatoms. The lowest BCUT2D eigenvalue weighted by atomic mass is 10.0. The second-order valence-corrected chi connectivity index (χ2v) is 4.35. The summed E-state index contributed by atoms with van der Waals surface area (Å²) in [6.07, 6.45) is 8.26. The van der Waals surface area contributed by atoms with Gasteiger partial charge in [0.25, 0.3) is 0 Å². The Kier molecular flexibility index (Phi) is 5.40. The van der Waals surface area contributed by atoms with E-state index in [0.29, 0.717) is 0 Å². The van der Waals surface area contributed by atoms with Crippen LogP contribution in [0.1, 0.15) is 45.4 Å². The average Bonchev–Trinajstić information content (AvgIpc) is 2.55. The number of nitrogens with one attached hydrogen (secondary N) is 1. The van der Waals surface area contributed by atoms with E-state index in [4.69, 9.17) is 5.11 Å². The lowest BCUT2D eigenvalue weighted by Gasteiger charge is -2.09. The molecule has 0 heterocycles. The first-order valence-corrected chi connectivity index (χ1v) is 5.68. The minimum Gasteiger partial charge on any atom is -0.392 e. The number of rotatable bonds is 6. The molecule has 78 valence electrons. The first-order chi connectivity index (χ1) is 6.29. The summed E-state index contributed by atoms with van der Waals surface area (Å²) in [4.78, 5) is 0. The van der Waals surface area contributed by atoms with E-state index in [9.17, 15) is 0 Å². The largest absolute Gasteiger partial charge is 0.392 e. The van der Waals surface area contributed by atoms with E-state index in [1.165, 1.54) is 38.5 Å². The maximum atomic E-state index is 9.00. The third-order valence-corrected chi connectivity index (χ3v) is 2.88. The second kappa shape index (κ2) is 6.39. The van der Waals surface area contributed by atoms with Crippen LogP contribution in [0.3, 0.4) is 0 Å². The van der Waals surface area contributed by atoms with Crippen LogP contribution in [0.4, 0.5) is 0 Å². The summed E-state index contributed by atoms with van der Waals surface area (Å²) >= 11 is 0. The van der Waals surface area contributed by atoms with Crippen molar-refractivity contribution in [3.8, 4) is 0 Å². The van der Waals surface area contributed by atoms with Gasteiger partial charge in [0.1, 0.15) is 0 Å². The van der Waals surface area contributed by atoms with Gasteiger partial charge >= 0.3 is 0 Å². The van der Waals surface area contributed by atoms with Crippen molar-refractivity contribution in [3.05, 3.63) is 0 Å².